The summed E-state index contributed by atoms with van der Waals surface area (Å²) in [5.41, 5.74) is 1.12. The van der Waals surface area contributed by atoms with E-state index < -0.39 is 0 Å². The summed E-state index contributed by atoms with van der Waals surface area (Å²) in [4.78, 5) is 35.5. The quantitative estimate of drug-likeness (QED) is 0.902. The molecule has 6 nitrogen and oxygen atoms in total. The summed E-state index contributed by atoms with van der Waals surface area (Å²) in [5.74, 6) is -0.175. The van der Waals surface area contributed by atoms with E-state index in [9.17, 15) is 9.59 Å². The Kier molecular flexibility index (Phi) is 5.60. The van der Waals surface area contributed by atoms with Gasteiger partial charge in [-0.25, -0.2) is 0 Å². The molecule has 0 saturated carbocycles. The lowest BCUT2D eigenvalue weighted by molar-refractivity contribution is 0.0567. The molecular formula is C19H24N4O2. The van der Waals surface area contributed by atoms with E-state index >= 15 is 0 Å². The summed E-state index contributed by atoms with van der Waals surface area (Å²) >= 11 is 0. The minimum Gasteiger partial charge on any atom is -0.337 e. The summed E-state index contributed by atoms with van der Waals surface area (Å²) in [6, 6.07) is 7.64. The molecule has 132 valence electrons. The summed E-state index contributed by atoms with van der Waals surface area (Å²) in [6.45, 7) is 5.27. The smallest absolute Gasteiger partial charge is 0.260 e. The predicted molar refractivity (Wildman–Crippen MR) is 96.3 cm³/mol. The van der Waals surface area contributed by atoms with Crippen LogP contribution in [0.15, 0.2) is 47.7 Å². The van der Waals surface area contributed by atoms with Crippen molar-refractivity contribution in [2.24, 2.45) is 0 Å². The van der Waals surface area contributed by atoms with Crippen molar-refractivity contribution in [3.63, 3.8) is 0 Å². The average Bonchev–Trinajstić information content (AvgIpc) is 2.67. The molecule has 3 heterocycles. The highest BCUT2D eigenvalue weighted by Gasteiger charge is 2.28. The van der Waals surface area contributed by atoms with E-state index in [0.717, 1.165) is 25.9 Å². The molecule has 1 saturated heterocycles. The molecule has 1 aliphatic heterocycles. The maximum absolute atomic E-state index is 12.7. The Balaban J connectivity index is 1.70. The van der Waals surface area contributed by atoms with Gasteiger partial charge in [-0.05, 0) is 49.2 Å². The highest BCUT2D eigenvalue weighted by molar-refractivity contribution is 5.93. The first-order valence-corrected chi connectivity index (χ1v) is 8.79. The topological polar surface area (TPSA) is 69.3 Å². The van der Waals surface area contributed by atoms with Crippen LogP contribution >= 0.6 is 0 Å². The molecule has 2 aromatic heterocycles. The van der Waals surface area contributed by atoms with Crippen LogP contribution in [0.1, 0.15) is 35.7 Å². The zero-order valence-electron chi connectivity index (χ0n) is 14.5. The molecule has 2 aromatic rings. The predicted octanol–water partition coefficient (Wildman–Crippen LogP) is 1.90. The second-order valence-corrected chi connectivity index (χ2v) is 6.38. The van der Waals surface area contributed by atoms with Crippen molar-refractivity contribution in [2.75, 3.05) is 19.6 Å². The highest BCUT2D eigenvalue weighted by Crippen LogP contribution is 2.19. The maximum Gasteiger partial charge on any atom is 0.260 e. The van der Waals surface area contributed by atoms with E-state index in [1.54, 1.807) is 18.3 Å². The summed E-state index contributed by atoms with van der Waals surface area (Å²) in [5, 5.41) is 0. The molecule has 25 heavy (non-hydrogen) atoms. The molecule has 0 unspecified atom stereocenters. The normalized spacial score (nSPS) is 17.7. The zero-order chi connectivity index (χ0) is 17.6. The van der Waals surface area contributed by atoms with Crippen molar-refractivity contribution in [2.45, 2.75) is 32.4 Å². The molecule has 1 atom stereocenters. The van der Waals surface area contributed by atoms with E-state index in [1.807, 2.05) is 29.4 Å². The maximum atomic E-state index is 12.7. The van der Waals surface area contributed by atoms with Gasteiger partial charge < -0.3 is 9.88 Å². The van der Waals surface area contributed by atoms with Crippen LogP contribution in [0.5, 0.6) is 0 Å². The number of piperidine rings is 1. The van der Waals surface area contributed by atoms with E-state index in [-0.39, 0.29) is 17.0 Å². The number of likely N-dealkylation sites (N-methyl/N-ethyl adjacent to an activating group) is 1. The van der Waals surface area contributed by atoms with E-state index in [1.165, 1.54) is 5.56 Å². The minimum absolute atomic E-state index is 0.175. The average molecular weight is 340 g/mol. The van der Waals surface area contributed by atoms with Crippen LogP contribution in [-0.4, -0.2) is 51.4 Å². The number of aromatic nitrogens is 2. The number of hydrogen-bond donors (Lipinski definition) is 1. The lowest BCUT2D eigenvalue weighted by atomic mass is 10.0. The summed E-state index contributed by atoms with van der Waals surface area (Å²) < 4.78 is 0. The van der Waals surface area contributed by atoms with Gasteiger partial charge in [0.2, 0.25) is 0 Å². The number of pyridine rings is 2. The number of H-pyrrole nitrogens is 1. The number of hydrogen-bond acceptors (Lipinski definition) is 4. The fourth-order valence-corrected chi connectivity index (χ4v) is 3.42. The number of amides is 1. The van der Waals surface area contributed by atoms with Crippen LogP contribution in [0, 0.1) is 0 Å². The lowest BCUT2D eigenvalue weighted by Gasteiger charge is -2.39. The Morgan fingerprint density at radius 1 is 1.36 bits per heavy atom. The van der Waals surface area contributed by atoms with Gasteiger partial charge in [-0.3, -0.25) is 19.5 Å². The third-order valence-corrected chi connectivity index (χ3v) is 4.79. The highest BCUT2D eigenvalue weighted by atomic mass is 16.2. The van der Waals surface area contributed by atoms with Gasteiger partial charge in [-0.15, -0.1) is 0 Å². The van der Waals surface area contributed by atoms with Crippen LogP contribution < -0.4 is 5.56 Å². The van der Waals surface area contributed by atoms with Gasteiger partial charge in [0.25, 0.3) is 11.5 Å². The Morgan fingerprint density at radius 3 is 2.88 bits per heavy atom. The summed E-state index contributed by atoms with van der Waals surface area (Å²) in [6.07, 6.45) is 7.18. The van der Waals surface area contributed by atoms with Gasteiger partial charge in [0.05, 0.1) is 0 Å². The van der Waals surface area contributed by atoms with Crippen LogP contribution in [-0.2, 0) is 6.54 Å². The van der Waals surface area contributed by atoms with Crippen LogP contribution in [0.4, 0.5) is 0 Å². The summed E-state index contributed by atoms with van der Waals surface area (Å²) in [7, 11) is 0. The van der Waals surface area contributed by atoms with Crippen molar-refractivity contribution in [1.29, 1.82) is 0 Å². The van der Waals surface area contributed by atoms with Gasteiger partial charge in [0, 0.05) is 44.3 Å². The molecule has 0 aliphatic carbocycles. The standard InChI is InChI=1S/C19H24N4O2/c1-2-22(13-15-7-10-20-11-8-15)16-5-4-12-23(14-16)19(25)17-6-3-9-21-18(17)24/h3,6-11,16H,2,4-5,12-14H2,1H3,(H,21,24)/t16-/m1/s1. The number of aromatic amines is 1. The molecule has 1 amide bonds. The fraction of sp³-hybridized carbons (Fsp3) is 0.421. The second kappa shape index (κ2) is 8.07. The third-order valence-electron chi connectivity index (χ3n) is 4.79. The molecule has 0 radical (unpaired) electrons. The van der Waals surface area contributed by atoms with Gasteiger partial charge >= 0.3 is 0 Å². The fourth-order valence-electron chi connectivity index (χ4n) is 3.42. The van der Waals surface area contributed by atoms with Crippen LogP contribution in [0.2, 0.25) is 0 Å². The Hall–Kier alpha value is -2.47. The zero-order valence-corrected chi connectivity index (χ0v) is 14.5. The van der Waals surface area contributed by atoms with Crippen LogP contribution in [0.3, 0.4) is 0 Å². The van der Waals surface area contributed by atoms with Crippen LogP contribution in [0.25, 0.3) is 0 Å². The van der Waals surface area contributed by atoms with E-state index in [0.29, 0.717) is 19.1 Å². The number of carbonyl (C=O) groups excluding carboxylic acids is 1. The number of nitrogens with zero attached hydrogens (tertiary/aromatic N) is 3. The Bertz CT molecular complexity index is 759. The van der Waals surface area contributed by atoms with Crippen molar-refractivity contribution in [1.82, 2.24) is 19.8 Å². The third kappa shape index (κ3) is 4.14. The van der Waals surface area contributed by atoms with E-state index in [2.05, 4.69) is 21.8 Å². The molecule has 3 rings (SSSR count). The Labute approximate surface area is 147 Å². The second-order valence-electron chi connectivity index (χ2n) is 6.38. The van der Waals surface area contributed by atoms with Crippen molar-refractivity contribution in [3.05, 3.63) is 64.3 Å². The molecule has 0 spiro atoms. The molecule has 1 N–H and O–H groups in total. The van der Waals surface area contributed by atoms with Gasteiger partial charge in [0.1, 0.15) is 5.56 Å². The van der Waals surface area contributed by atoms with E-state index in [4.69, 9.17) is 0 Å². The molecule has 1 aliphatic rings. The lowest BCUT2D eigenvalue weighted by Crippen LogP contribution is -2.50. The number of carbonyl (C=O) groups is 1. The van der Waals surface area contributed by atoms with Gasteiger partial charge in [0.15, 0.2) is 0 Å². The largest absolute Gasteiger partial charge is 0.337 e. The van der Waals surface area contributed by atoms with Crippen molar-refractivity contribution in [3.8, 4) is 0 Å². The molecule has 0 bridgehead atoms. The Morgan fingerprint density at radius 2 is 2.16 bits per heavy atom. The molecule has 6 heteroatoms. The number of nitrogens with one attached hydrogen (secondary N) is 1. The molecule has 0 aromatic carbocycles. The first-order chi connectivity index (χ1) is 12.2. The molecular weight excluding hydrogens is 316 g/mol. The first kappa shape index (κ1) is 17.4. The van der Waals surface area contributed by atoms with Crippen molar-refractivity contribution < 1.29 is 4.79 Å². The van der Waals surface area contributed by atoms with Gasteiger partial charge in [-0.2, -0.15) is 0 Å². The minimum atomic E-state index is -0.321. The number of likely N-dealkylation sites (tertiary alicyclic amines) is 1. The first-order valence-electron chi connectivity index (χ1n) is 8.79. The SMILES string of the molecule is CCN(Cc1ccncc1)[C@@H]1CCCN(C(=O)c2ccc[nH]c2=O)C1. The van der Waals surface area contributed by atoms with Gasteiger partial charge in [-0.1, -0.05) is 6.92 Å². The molecule has 1 fully saturated rings. The monoisotopic (exact) mass is 340 g/mol. The number of rotatable bonds is 5. The van der Waals surface area contributed by atoms with Crippen molar-refractivity contribution >= 4 is 5.91 Å².